The number of anilines is 1. The fourth-order valence-electron chi connectivity index (χ4n) is 3.40. The highest BCUT2D eigenvalue weighted by Crippen LogP contribution is 2.35. The molecule has 0 radical (unpaired) electrons. The van der Waals surface area contributed by atoms with Crippen molar-refractivity contribution in [3.8, 4) is 28.8 Å². The number of sulfonamides is 1. The van der Waals surface area contributed by atoms with Crippen LogP contribution in [0.25, 0.3) is 21.9 Å². The molecule has 4 aromatic carbocycles. The Kier molecular flexibility index (Phi) is 5.60. The van der Waals surface area contributed by atoms with Gasteiger partial charge in [-0.1, -0.05) is 66.2 Å². The second-order valence-corrected chi connectivity index (χ2v) is 9.24. The number of phenolic OH excluding ortho intramolecular Hbond substituents is 1. The van der Waals surface area contributed by atoms with Crippen LogP contribution in [-0.4, -0.2) is 19.8 Å². The lowest BCUT2D eigenvalue weighted by atomic mass is 9.94. The summed E-state index contributed by atoms with van der Waals surface area (Å²) in [7, 11) is -3.65. The molecule has 0 fully saturated rings. The van der Waals surface area contributed by atoms with Crippen LogP contribution in [0.15, 0.2) is 84.9 Å². The molecular formula is C25H18ClNO3S. The number of halogens is 1. The lowest BCUT2D eigenvalue weighted by Crippen LogP contribution is -2.24. The molecule has 0 aliphatic rings. The number of rotatable bonds is 3. The van der Waals surface area contributed by atoms with E-state index in [0.29, 0.717) is 16.3 Å². The first-order valence-electron chi connectivity index (χ1n) is 9.42. The Morgan fingerprint density at radius 3 is 2.29 bits per heavy atom. The second-order valence-electron chi connectivity index (χ2n) is 6.97. The minimum atomic E-state index is -3.65. The largest absolute Gasteiger partial charge is 0.507 e. The van der Waals surface area contributed by atoms with Crippen LogP contribution in [0, 0.1) is 12.0 Å². The van der Waals surface area contributed by atoms with Gasteiger partial charge in [-0.25, -0.2) is 8.42 Å². The van der Waals surface area contributed by atoms with Gasteiger partial charge in [-0.3, -0.25) is 0 Å². The van der Waals surface area contributed by atoms with Gasteiger partial charge in [-0.15, -0.1) is 0 Å². The maximum absolute atomic E-state index is 12.4. The van der Waals surface area contributed by atoms with E-state index in [1.54, 1.807) is 30.3 Å². The third kappa shape index (κ3) is 4.36. The Balaban J connectivity index is 1.87. The molecule has 31 heavy (non-hydrogen) atoms. The fraction of sp³-hybridized carbons (Fsp3) is 0.0400. The molecule has 4 nitrogen and oxygen atoms in total. The normalized spacial score (nSPS) is 11.0. The van der Waals surface area contributed by atoms with E-state index in [-0.39, 0.29) is 5.75 Å². The number of aromatic hydroxyl groups is 1. The van der Waals surface area contributed by atoms with E-state index in [0.717, 1.165) is 32.5 Å². The number of nitrogens with zero attached hydrogens (tertiary/aromatic N) is 1. The van der Waals surface area contributed by atoms with Crippen LogP contribution in [0.2, 0.25) is 5.02 Å². The molecule has 0 aliphatic heterocycles. The zero-order valence-electron chi connectivity index (χ0n) is 16.6. The number of hydrogen-bond acceptors (Lipinski definition) is 3. The van der Waals surface area contributed by atoms with Crippen molar-refractivity contribution in [2.45, 2.75) is 0 Å². The summed E-state index contributed by atoms with van der Waals surface area (Å²) in [5.74, 6) is 3.21. The fourth-order valence-corrected chi connectivity index (χ4v) is 4.29. The van der Waals surface area contributed by atoms with Crippen LogP contribution in [0.4, 0.5) is 5.69 Å². The topological polar surface area (TPSA) is 57.6 Å². The van der Waals surface area contributed by atoms with E-state index >= 15 is 0 Å². The van der Waals surface area contributed by atoms with Crippen molar-refractivity contribution in [2.24, 2.45) is 0 Å². The summed E-state index contributed by atoms with van der Waals surface area (Å²) in [6.45, 7) is 0. The first kappa shape index (κ1) is 20.8. The van der Waals surface area contributed by atoms with Gasteiger partial charge in [0.25, 0.3) is 0 Å². The van der Waals surface area contributed by atoms with Crippen LogP contribution in [0.5, 0.6) is 5.75 Å². The van der Waals surface area contributed by atoms with Crippen LogP contribution in [0.3, 0.4) is 0 Å². The van der Waals surface area contributed by atoms with Crippen molar-refractivity contribution >= 4 is 38.1 Å². The summed E-state index contributed by atoms with van der Waals surface area (Å²) in [5, 5.41) is 12.3. The molecule has 0 heterocycles. The molecular weight excluding hydrogens is 430 g/mol. The van der Waals surface area contributed by atoms with Gasteiger partial charge >= 0.3 is 0 Å². The minimum Gasteiger partial charge on any atom is -0.507 e. The molecule has 0 aliphatic carbocycles. The first-order chi connectivity index (χ1) is 14.8. The maximum atomic E-state index is 12.4. The van der Waals surface area contributed by atoms with E-state index in [4.69, 9.17) is 11.6 Å². The summed E-state index contributed by atoms with van der Waals surface area (Å²) in [5.41, 5.74) is 2.77. The molecule has 6 heteroatoms. The van der Waals surface area contributed by atoms with Crippen LogP contribution in [-0.2, 0) is 10.0 Å². The van der Waals surface area contributed by atoms with E-state index in [2.05, 4.69) is 12.0 Å². The Morgan fingerprint density at radius 1 is 0.839 bits per heavy atom. The summed E-state index contributed by atoms with van der Waals surface area (Å²) in [4.78, 5) is 0. The van der Waals surface area contributed by atoms with Crippen molar-refractivity contribution in [3.05, 3.63) is 95.5 Å². The quantitative estimate of drug-likeness (QED) is 0.326. The van der Waals surface area contributed by atoms with Crippen LogP contribution < -0.4 is 4.31 Å². The SMILES string of the molecule is CS(=O)(=O)N(C#Cc1ccccc1-c1ccc(O)c2ccccc12)c1cccc(Cl)c1. The maximum Gasteiger partial charge on any atom is 0.243 e. The lowest BCUT2D eigenvalue weighted by molar-refractivity contribution is 0.481. The lowest BCUT2D eigenvalue weighted by Gasteiger charge is -2.15. The molecule has 0 spiro atoms. The molecule has 1 N–H and O–H groups in total. The van der Waals surface area contributed by atoms with Gasteiger partial charge in [0.1, 0.15) is 5.75 Å². The number of fused-ring (bicyclic) bond motifs is 1. The number of benzene rings is 4. The smallest absolute Gasteiger partial charge is 0.243 e. The molecule has 154 valence electrons. The third-order valence-corrected chi connectivity index (χ3v) is 5.99. The second kappa shape index (κ2) is 8.35. The van der Waals surface area contributed by atoms with E-state index in [1.807, 2.05) is 54.6 Å². The van der Waals surface area contributed by atoms with Gasteiger partial charge in [0.15, 0.2) is 0 Å². The van der Waals surface area contributed by atoms with Crippen molar-refractivity contribution in [3.63, 3.8) is 0 Å². The first-order valence-corrected chi connectivity index (χ1v) is 11.6. The van der Waals surface area contributed by atoms with Crippen LogP contribution in [0.1, 0.15) is 5.56 Å². The van der Waals surface area contributed by atoms with Gasteiger partial charge in [0.05, 0.1) is 11.9 Å². The average molecular weight is 448 g/mol. The highest BCUT2D eigenvalue weighted by molar-refractivity contribution is 7.92. The number of phenols is 1. The Morgan fingerprint density at radius 2 is 1.55 bits per heavy atom. The van der Waals surface area contributed by atoms with Gasteiger partial charge in [0, 0.05) is 22.0 Å². The monoisotopic (exact) mass is 447 g/mol. The Labute approximate surface area is 186 Å². The van der Waals surface area contributed by atoms with E-state index in [9.17, 15) is 13.5 Å². The van der Waals surface area contributed by atoms with Crippen molar-refractivity contribution < 1.29 is 13.5 Å². The molecule has 0 saturated heterocycles. The predicted molar refractivity (Wildman–Crippen MR) is 127 cm³/mol. The Bertz CT molecular complexity index is 1450. The van der Waals surface area contributed by atoms with Crippen molar-refractivity contribution in [2.75, 3.05) is 10.6 Å². The van der Waals surface area contributed by atoms with Crippen molar-refractivity contribution in [1.82, 2.24) is 0 Å². The number of hydrogen-bond donors (Lipinski definition) is 1. The molecule has 4 aromatic rings. The summed E-state index contributed by atoms with van der Waals surface area (Å²) >= 11 is 6.04. The molecule has 4 rings (SSSR count). The zero-order chi connectivity index (χ0) is 22.0. The highest BCUT2D eigenvalue weighted by Gasteiger charge is 2.16. The minimum absolute atomic E-state index is 0.201. The van der Waals surface area contributed by atoms with Crippen molar-refractivity contribution in [1.29, 1.82) is 0 Å². The van der Waals surface area contributed by atoms with Crippen LogP contribution >= 0.6 is 11.6 Å². The zero-order valence-corrected chi connectivity index (χ0v) is 18.2. The summed E-state index contributed by atoms with van der Waals surface area (Å²) < 4.78 is 25.8. The molecule has 0 unspecified atom stereocenters. The third-order valence-electron chi connectivity index (χ3n) is 4.78. The van der Waals surface area contributed by atoms with Gasteiger partial charge < -0.3 is 5.11 Å². The Hall–Kier alpha value is -3.46. The standard InChI is InChI=1S/C25H18ClNO3S/c1-31(29,30)27(20-9-6-8-19(26)17-20)16-15-18-7-2-3-10-21(18)23-13-14-25(28)24-12-5-4-11-22(23)24/h2-14,17,28H,1H3. The highest BCUT2D eigenvalue weighted by atomic mass is 35.5. The van der Waals surface area contributed by atoms with Gasteiger partial charge in [-0.2, -0.15) is 4.31 Å². The molecule has 0 atom stereocenters. The molecule has 0 amide bonds. The van der Waals surface area contributed by atoms with Gasteiger partial charge in [0.2, 0.25) is 10.0 Å². The summed E-state index contributed by atoms with van der Waals surface area (Å²) in [6, 6.07) is 27.9. The average Bonchev–Trinajstić information content (AvgIpc) is 2.74. The van der Waals surface area contributed by atoms with Gasteiger partial charge in [-0.05, 0) is 52.8 Å². The molecule has 0 bridgehead atoms. The van der Waals surface area contributed by atoms with E-state index < -0.39 is 10.0 Å². The molecule has 0 saturated carbocycles. The van der Waals surface area contributed by atoms with E-state index in [1.165, 1.54) is 0 Å². The summed E-state index contributed by atoms with van der Waals surface area (Å²) in [6.07, 6.45) is 1.10. The molecule has 0 aromatic heterocycles. The predicted octanol–water partition coefficient (Wildman–Crippen LogP) is 5.64.